The van der Waals surface area contributed by atoms with E-state index in [1.54, 1.807) is 0 Å². The molecular formula is C15H22N2. The summed E-state index contributed by atoms with van der Waals surface area (Å²) in [6.07, 6.45) is 2.13. The number of benzene rings is 1. The van der Waals surface area contributed by atoms with Gasteiger partial charge in [-0.2, -0.15) is 0 Å². The Morgan fingerprint density at radius 2 is 2.00 bits per heavy atom. The zero-order chi connectivity index (χ0) is 12.4. The van der Waals surface area contributed by atoms with Gasteiger partial charge in [-0.05, 0) is 63.2 Å². The highest BCUT2D eigenvalue weighted by molar-refractivity contribution is 5.82. The number of rotatable bonds is 4. The van der Waals surface area contributed by atoms with Gasteiger partial charge in [0.25, 0.3) is 0 Å². The number of aromatic nitrogens is 1. The number of hydrogen-bond donors (Lipinski definition) is 1. The monoisotopic (exact) mass is 230 g/mol. The number of aryl methyl sites for hydroxylation is 2. The largest absolute Gasteiger partial charge is 0.342 e. The zero-order valence-electron chi connectivity index (χ0n) is 11.0. The average molecular weight is 230 g/mol. The van der Waals surface area contributed by atoms with Crippen LogP contribution in [0.25, 0.3) is 10.9 Å². The van der Waals surface area contributed by atoms with Crippen molar-refractivity contribution in [2.75, 3.05) is 6.54 Å². The van der Waals surface area contributed by atoms with Crippen molar-refractivity contribution in [3.8, 4) is 0 Å². The molecule has 0 saturated heterocycles. The number of nitrogens with two attached hydrogens (primary N) is 1. The fraction of sp³-hybridized carbons (Fsp3) is 0.467. The summed E-state index contributed by atoms with van der Waals surface area (Å²) >= 11 is 0. The molecule has 0 radical (unpaired) electrons. The maximum Gasteiger partial charge on any atom is 0.0487 e. The minimum absolute atomic E-state index is 0.502. The van der Waals surface area contributed by atoms with Crippen molar-refractivity contribution in [2.45, 2.75) is 39.7 Å². The molecule has 2 rings (SSSR count). The van der Waals surface area contributed by atoms with Crippen LogP contribution < -0.4 is 5.73 Å². The number of nitrogens with zero attached hydrogens (tertiary/aromatic N) is 1. The van der Waals surface area contributed by atoms with Crippen LogP contribution in [0.5, 0.6) is 0 Å². The summed E-state index contributed by atoms with van der Waals surface area (Å²) in [5, 5.41) is 1.34. The fourth-order valence-electron chi connectivity index (χ4n) is 2.47. The van der Waals surface area contributed by atoms with Crippen LogP contribution in [0.4, 0.5) is 0 Å². The molecule has 0 amide bonds. The SMILES string of the molecule is Cc1ccc2cc(CCCN)n(C(C)C)c2c1. The molecule has 2 heteroatoms. The van der Waals surface area contributed by atoms with E-state index in [0.29, 0.717) is 6.04 Å². The van der Waals surface area contributed by atoms with Gasteiger partial charge in [0, 0.05) is 17.3 Å². The molecule has 0 aliphatic carbocycles. The highest BCUT2D eigenvalue weighted by Gasteiger charge is 2.10. The lowest BCUT2D eigenvalue weighted by Crippen LogP contribution is -2.08. The Balaban J connectivity index is 2.54. The lowest BCUT2D eigenvalue weighted by atomic mass is 10.2. The zero-order valence-corrected chi connectivity index (χ0v) is 11.0. The summed E-state index contributed by atoms with van der Waals surface area (Å²) in [7, 11) is 0. The van der Waals surface area contributed by atoms with E-state index in [0.717, 1.165) is 19.4 Å². The van der Waals surface area contributed by atoms with Crippen LogP contribution in [0, 0.1) is 6.92 Å². The van der Waals surface area contributed by atoms with E-state index in [4.69, 9.17) is 5.73 Å². The molecule has 0 aliphatic rings. The smallest absolute Gasteiger partial charge is 0.0487 e. The molecule has 0 spiro atoms. The second-order valence-electron chi connectivity index (χ2n) is 5.05. The standard InChI is InChI=1S/C15H22N2/c1-11(2)17-14(5-4-8-16)10-13-7-6-12(3)9-15(13)17/h6-7,9-11H,4-5,8,16H2,1-3H3. The maximum absolute atomic E-state index is 5.61. The summed E-state index contributed by atoms with van der Waals surface area (Å²) in [5.74, 6) is 0. The van der Waals surface area contributed by atoms with Crippen molar-refractivity contribution in [2.24, 2.45) is 5.73 Å². The summed E-state index contributed by atoms with van der Waals surface area (Å²) in [5.41, 5.74) is 9.70. The third-order valence-corrected chi connectivity index (χ3v) is 3.23. The molecule has 0 unspecified atom stereocenters. The molecule has 1 heterocycles. The van der Waals surface area contributed by atoms with Gasteiger partial charge in [0.05, 0.1) is 0 Å². The molecule has 0 aliphatic heterocycles. The highest BCUT2D eigenvalue weighted by atomic mass is 15.0. The van der Waals surface area contributed by atoms with Crippen molar-refractivity contribution < 1.29 is 0 Å². The minimum Gasteiger partial charge on any atom is -0.342 e. The van der Waals surface area contributed by atoms with Crippen molar-refractivity contribution in [1.82, 2.24) is 4.57 Å². The third kappa shape index (κ3) is 2.37. The summed E-state index contributed by atoms with van der Waals surface area (Å²) in [4.78, 5) is 0. The normalized spacial score (nSPS) is 11.6. The first kappa shape index (κ1) is 12.2. The first-order valence-corrected chi connectivity index (χ1v) is 6.44. The summed E-state index contributed by atoms with van der Waals surface area (Å²) in [6.45, 7) is 7.40. The molecule has 2 N–H and O–H groups in total. The van der Waals surface area contributed by atoms with Crippen molar-refractivity contribution in [3.63, 3.8) is 0 Å². The maximum atomic E-state index is 5.61. The van der Waals surface area contributed by atoms with Crippen LogP contribution >= 0.6 is 0 Å². The molecule has 17 heavy (non-hydrogen) atoms. The Hall–Kier alpha value is -1.28. The molecule has 1 aromatic heterocycles. The van der Waals surface area contributed by atoms with Gasteiger partial charge in [0.2, 0.25) is 0 Å². The lowest BCUT2D eigenvalue weighted by Gasteiger charge is -2.14. The van der Waals surface area contributed by atoms with Gasteiger partial charge in [0.15, 0.2) is 0 Å². The Morgan fingerprint density at radius 3 is 2.65 bits per heavy atom. The van der Waals surface area contributed by atoms with Crippen LogP contribution in [0.2, 0.25) is 0 Å². The molecule has 0 fully saturated rings. The van der Waals surface area contributed by atoms with E-state index in [9.17, 15) is 0 Å². The van der Waals surface area contributed by atoms with Crippen LogP contribution in [-0.4, -0.2) is 11.1 Å². The van der Waals surface area contributed by atoms with Crippen molar-refractivity contribution in [3.05, 3.63) is 35.5 Å². The topological polar surface area (TPSA) is 30.9 Å². The quantitative estimate of drug-likeness (QED) is 0.857. The van der Waals surface area contributed by atoms with Crippen LogP contribution in [0.3, 0.4) is 0 Å². The van der Waals surface area contributed by atoms with E-state index < -0.39 is 0 Å². The molecule has 1 aromatic carbocycles. The molecule has 0 saturated carbocycles. The van der Waals surface area contributed by atoms with E-state index in [1.165, 1.54) is 22.2 Å². The van der Waals surface area contributed by atoms with E-state index in [1.807, 2.05) is 0 Å². The van der Waals surface area contributed by atoms with Crippen LogP contribution in [0.1, 0.15) is 37.6 Å². The van der Waals surface area contributed by atoms with Gasteiger partial charge in [-0.25, -0.2) is 0 Å². The molecular weight excluding hydrogens is 208 g/mol. The van der Waals surface area contributed by atoms with Gasteiger partial charge in [-0.1, -0.05) is 12.1 Å². The van der Waals surface area contributed by atoms with Gasteiger partial charge in [-0.15, -0.1) is 0 Å². The predicted octanol–water partition coefficient (Wildman–Crippen LogP) is 3.42. The predicted molar refractivity (Wildman–Crippen MR) is 74.4 cm³/mol. The van der Waals surface area contributed by atoms with E-state index in [2.05, 4.69) is 49.6 Å². The Labute approximate surface area is 103 Å². The van der Waals surface area contributed by atoms with Crippen LogP contribution in [-0.2, 0) is 6.42 Å². The van der Waals surface area contributed by atoms with Crippen molar-refractivity contribution >= 4 is 10.9 Å². The molecule has 92 valence electrons. The Kier molecular flexibility index (Phi) is 3.53. The van der Waals surface area contributed by atoms with Crippen LogP contribution in [0.15, 0.2) is 24.3 Å². The minimum atomic E-state index is 0.502. The average Bonchev–Trinajstić information content (AvgIpc) is 2.63. The van der Waals surface area contributed by atoms with Gasteiger partial charge in [-0.3, -0.25) is 0 Å². The fourth-order valence-corrected chi connectivity index (χ4v) is 2.47. The molecule has 2 nitrogen and oxygen atoms in total. The summed E-state index contributed by atoms with van der Waals surface area (Å²) < 4.78 is 2.44. The van der Waals surface area contributed by atoms with Gasteiger partial charge < -0.3 is 10.3 Å². The van der Waals surface area contributed by atoms with E-state index >= 15 is 0 Å². The van der Waals surface area contributed by atoms with Gasteiger partial charge in [0.1, 0.15) is 0 Å². The van der Waals surface area contributed by atoms with E-state index in [-0.39, 0.29) is 0 Å². The first-order chi connectivity index (χ1) is 8.13. The molecule has 0 bridgehead atoms. The Bertz CT molecular complexity index is 509. The lowest BCUT2D eigenvalue weighted by molar-refractivity contribution is 0.587. The molecule has 2 aromatic rings. The van der Waals surface area contributed by atoms with Crippen molar-refractivity contribution in [1.29, 1.82) is 0 Å². The summed E-state index contributed by atoms with van der Waals surface area (Å²) in [6, 6.07) is 9.49. The van der Waals surface area contributed by atoms with Gasteiger partial charge >= 0.3 is 0 Å². The third-order valence-electron chi connectivity index (χ3n) is 3.23. The Morgan fingerprint density at radius 1 is 1.24 bits per heavy atom. The highest BCUT2D eigenvalue weighted by Crippen LogP contribution is 2.25. The first-order valence-electron chi connectivity index (χ1n) is 6.44. The number of fused-ring (bicyclic) bond motifs is 1. The number of hydrogen-bond acceptors (Lipinski definition) is 1. The second kappa shape index (κ2) is 4.92. The molecule has 0 atom stereocenters. The second-order valence-corrected chi connectivity index (χ2v) is 5.05.